The van der Waals surface area contributed by atoms with Crippen LogP contribution in [0.5, 0.6) is 0 Å². The molecule has 0 saturated heterocycles. The molecule has 0 saturated carbocycles. The van der Waals surface area contributed by atoms with Crippen LogP contribution in [-0.4, -0.2) is 25.8 Å². The van der Waals surface area contributed by atoms with Gasteiger partial charge in [-0.3, -0.25) is 4.79 Å². The van der Waals surface area contributed by atoms with Gasteiger partial charge in [-0.05, 0) is 17.9 Å². The summed E-state index contributed by atoms with van der Waals surface area (Å²) < 4.78 is 1.83. The molecular formula is C11H11N3O2S. The van der Waals surface area contributed by atoms with Crippen LogP contribution < -0.4 is 0 Å². The van der Waals surface area contributed by atoms with Crippen molar-refractivity contribution in [3.63, 3.8) is 0 Å². The van der Waals surface area contributed by atoms with Gasteiger partial charge >= 0.3 is 5.97 Å². The summed E-state index contributed by atoms with van der Waals surface area (Å²) in [5, 5.41) is 15.4. The van der Waals surface area contributed by atoms with Crippen LogP contribution in [0.15, 0.2) is 17.5 Å². The van der Waals surface area contributed by atoms with Gasteiger partial charge in [-0.1, -0.05) is 6.07 Å². The Morgan fingerprint density at radius 2 is 2.47 bits per heavy atom. The van der Waals surface area contributed by atoms with Gasteiger partial charge in [-0.15, -0.1) is 16.4 Å². The highest BCUT2D eigenvalue weighted by molar-refractivity contribution is 7.13. The normalized spacial score (nSPS) is 18.9. The third kappa shape index (κ3) is 1.84. The first-order chi connectivity index (χ1) is 8.24. The predicted molar refractivity (Wildman–Crippen MR) is 62.8 cm³/mol. The number of carboxylic acid groups (broad SMARTS) is 1. The van der Waals surface area contributed by atoms with Crippen LogP contribution in [0.25, 0.3) is 10.7 Å². The molecule has 1 aliphatic rings. The summed E-state index contributed by atoms with van der Waals surface area (Å²) in [6.45, 7) is 0.644. The Labute approximate surface area is 102 Å². The molecule has 1 unspecified atom stereocenters. The molecule has 88 valence electrons. The minimum absolute atomic E-state index is 0.317. The van der Waals surface area contributed by atoms with Gasteiger partial charge < -0.3 is 5.11 Å². The van der Waals surface area contributed by atoms with E-state index in [1.165, 1.54) is 0 Å². The first-order valence-electron chi connectivity index (χ1n) is 5.44. The maximum Gasteiger partial charge on any atom is 0.307 e. The van der Waals surface area contributed by atoms with Gasteiger partial charge in [-0.2, -0.15) is 0 Å². The number of hydrogen-bond acceptors (Lipinski definition) is 4. The fourth-order valence-electron chi connectivity index (χ4n) is 2.03. The number of hydrogen-bond donors (Lipinski definition) is 1. The molecule has 6 heteroatoms. The highest BCUT2D eigenvalue weighted by atomic mass is 32.1. The highest BCUT2D eigenvalue weighted by Crippen LogP contribution is 2.25. The fourth-order valence-corrected chi connectivity index (χ4v) is 2.68. The van der Waals surface area contributed by atoms with Gasteiger partial charge in [0.2, 0.25) is 0 Å². The molecule has 2 aromatic rings. The molecule has 3 heterocycles. The Morgan fingerprint density at radius 3 is 3.18 bits per heavy atom. The zero-order chi connectivity index (χ0) is 11.8. The Kier molecular flexibility index (Phi) is 2.44. The number of fused-ring (bicyclic) bond motifs is 1. The van der Waals surface area contributed by atoms with Crippen LogP contribution in [0.4, 0.5) is 0 Å². The quantitative estimate of drug-likeness (QED) is 0.878. The molecule has 0 fully saturated rings. The first-order valence-corrected chi connectivity index (χ1v) is 6.32. The molecule has 0 amide bonds. The largest absolute Gasteiger partial charge is 0.481 e. The number of rotatable bonds is 2. The van der Waals surface area contributed by atoms with Crippen molar-refractivity contribution in [3.8, 4) is 10.7 Å². The molecule has 17 heavy (non-hydrogen) atoms. The Hall–Kier alpha value is -1.69. The molecule has 1 atom stereocenters. The number of aliphatic carboxylic acids is 1. The van der Waals surface area contributed by atoms with E-state index in [0.29, 0.717) is 25.2 Å². The van der Waals surface area contributed by atoms with Crippen molar-refractivity contribution in [3.05, 3.63) is 23.3 Å². The minimum atomic E-state index is -0.739. The van der Waals surface area contributed by atoms with Gasteiger partial charge in [0.1, 0.15) is 5.82 Å². The number of nitrogens with zero attached hydrogens (tertiary/aromatic N) is 3. The lowest BCUT2D eigenvalue weighted by Crippen LogP contribution is -2.26. The number of aryl methyl sites for hydroxylation is 1. The average molecular weight is 249 g/mol. The van der Waals surface area contributed by atoms with Crippen molar-refractivity contribution in [2.24, 2.45) is 5.92 Å². The van der Waals surface area contributed by atoms with Crippen molar-refractivity contribution in [1.29, 1.82) is 0 Å². The average Bonchev–Trinajstić information content (AvgIpc) is 2.96. The van der Waals surface area contributed by atoms with Crippen molar-refractivity contribution in [2.45, 2.75) is 19.4 Å². The van der Waals surface area contributed by atoms with E-state index in [2.05, 4.69) is 10.1 Å². The highest BCUT2D eigenvalue weighted by Gasteiger charge is 2.27. The summed E-state index contributed by atoms with van der Waals surface area (Å²) in [6.07, 6.45) is 1.11. The minimum Gasteiger partial charge on any atom is -0.481 e. The zero-order valence-electron chi connectivity index (χ0n) is 9.04. The predicted octanol–water partition coefficient (Wildman–Crippen LogP) is 1.65. The fraction of sp³-hybridized carbons (Fsp3) is 0.364. The van der Waals surface area contributed by atoms with Gasteiger partial charge in [0.15, 0.2) is 5.82 Å². The van der Waals surface area contributed by atoms with E-state index in [4.69, 9.17) is 5.11 Å². The van der Waals surface area contributed by atoms with E-state index in [1.54, 1.807) is 11.3 Å². The van der Waals surface area contributed by atoms with Crippen molar-refractivity contribution in [1.82, 2.24) is 14.8 Å². The van der Waals surface area contributed by atoms with Crippen LogP contribution >= 0.6 is 11.3 Å². The smallest absolute Gasteiger partial charge is 0.307 e. The van der Waals surface area contributed by atoms with Crippen LogP contribution in [0.1, 0.15) is 12.2 Å². The van der Waals surface area contributed by atoms with E-state index in [9.17, 15) is 4.79 Å². The van der Waals surface area contributed by atoms with Crippen molar-refractivity contribution in [2.75, 3.05) is 0 Å². The summed E-state index contributed by atoms with van der Waals surface area (Å²) in [5.41, 5.74) is 0. The second-order valence-corrected chi connectivity index (χ2v) is 5.03. The van der Waals surface area contributed by atoms with E-state index in [-0.39, 0.29) is 5.92 Å². The summed E-state index contributed by atoms with van der Waals surface area (Å²) in [7, 11) is 0. The number of thiophene rings is 1. The van der Waals surface area contributed by atoms with E-state index in [0.717, 1.165) is 10.7 Å². The van der Waals surface area contributed by atoms with Gasteiger partial charge in [0.05, 0.1) is 10.8 Å². The van der Waals surface area contributed by atoms with E-state index in [1.807, 2.05) is 22.2 Å². The van der Waals surface area contributed by atoms with Crippen LogP contribution in [0.2, 0.25) is 0 Å². The number of carbonyl (C=O) groups is 1. The maximum absolute atomic E-state index is 10.9. The van der Waals surface area contributed by atoms with E-state index >= 15 is 0 Å². The van der Waals surface area contributed by atoms with Crippen molar-refractivity contribution < 1.29 is 9.90 Å². The molecule has 3 rings (SSSR count). The third-order valence-corrected chi connectivity index (χ3v) is 3.82. The monoisotopic (exact) mass is 249 g/mol. The zero-order valence-corrected chi connectivity index (χ0v) is 9.85. The molecular weight excluding hydrogens is 238 g/mol. The first kappa shape index (κ1) is 10.5. The van der Waals surface area contributed by atoms with Gasteiger partial charge in [0.25, 0.3) is 0 Å². The second-order valence-electron chi connectivity index (χ2n) is 4.08. The lowest BCUT2D eigenvalue weighted by molar-refractivity contribution is -0.142. The Balaban J connectivity index is 1.92. The molecule has 2 aromatic heterocycles. The SMILES string of the molecule is O=C(O)C1CCn2nc(-c3cccs3)nc2C1. The van der Waals surface area contributed by atoms with Gasteiger partial charge in [0, 0.05) is 13.0 Å². The maximum atomic E-state index is 10.9. The summed E-state index contributed by atoms with van der Waals surface area (Å²) in [5.74, 6) is 0.438. The van der Waals surface area contributed by atoms with Crippen LogP contribution in [0.3, 0.4) is 0 Å². The molecule has 0 aromatic carbocycles. The lowest BCUT2D eigenvalue weighted by atomic mass is 9.98. The molecule has 1 N–H and O–H groups in total. The van der Waals surface area contributed by atoms with Crippen LogP contribution in [0, 0.1) is 5.92 Å². The molecule has 1 aliphatic heterocycles. The van der Waals surface area contributed by atoms with E-state index < -0.39 is 5.97 Å². The van der Waals surface area contributed by atoms with Crippen molar-refractivity contribution >= 4 is 17.3 Å². The summed E-state index contributed by atoms with van der Waals surface area (Å²) in [6, 6.07) is 3.93. The lowest BCUT2D eigenvalue weighted by Gasteiger charge is -2.17. The summed E-state index contributed by atoms with van der Waals surface area (Å²) >= 11 is 1.59. The topological polar surface area (TPSA) is 68.0 Å². The molecule has 5 nitrogen and oxygen atoms in total. The standard InChI is InChI=1S/C11H11N3O2S/c15-11(16)7-3-4-14-9(6-7)12-10(13-14)8-2-1-5-17-8/h1-2,5,7H,3-4,6H2,(H,15,16). The molecule has 0 aliphatic carbocycles. The molecule has 0 spiro atoms. The Morgan fingerprint density at radius 1 is 1.59 bits per heavy atom. The van der Waals surface area contributed by atoms with Crippen LogP contribution in [-0.2, 0) is 17.8 Å². The second kappa shape index (κ2) is 3.96. The Bertz CT molecular complexity index is 547. The number of aromatic nitrogens is 3. The molecule has 0 radical (unpaired) electrons. The van der Waals surface area contributed by atoms with Gasteiger partial charge in [-0.25, -0.2) is 9.67 Å². The summed E-state index contributed by atoms with van der Waals surface area (Å²) in [4.78, 5) is 16.4. The third-order valence-electron chi connectivity index (χ3n) is 2.96. The molecule has 0 bridgehead atoms. The number of carboxylic acids is 1.